The molecule has 21 heavy (non-hydrogen) atoms. The highest BCUT2D eigenvalue weighted by atomic mass is 32.2. The van der Waals surface area contributed by atoms with Gasteiger partial charge in [0, 0.05) is 5.92 Å². The first-order valence-corrected chi connectivity index (χ1v) is 9.32. The van der Waals surface area contributed by atoms with Crippen LogP contribution in [-0.2, 0) is 25.8 Å². The highest BCUT2D eigenvalue weighted by molar-refractivity contribution is 7.91. The number of hydrogen-bond acceptors (Lipinski definition) is 4. The summed E-state index contributed by atoms with van der Waals surface area (Å²) in [6, 6.07) is 8.29. The molecule has 114 valence electrons. The van der Waals surface area contributed by atoms with Gasteiger partial charge in [-0.1, -0.05) is 24.3 Å². The second kappa shape index (κ2) is 5.79. The number of rotatable bonds is 3. The van der Waals surface area contributed by atoms with E-state index < -0.39 is 15.8 Å². The van der Waals surface area contributed by atoms with E-state index in [0.29, 0.717) is 13.0 Å². The van der Waals surface area contributed by atoms with Crippen LogP contribution in [0.2, 0.25) is 0 Å². The summed E-state index contributed by atoms with van der Waals surface area (Å²) >= 11 is 0. The van der Waals surface area contributed by atoms with Crippen LogP contribution in [0, 0.1) is 5.92 Å². The minimum Gasteiger partial charge on any atom is -0.465 e. The normalized spacial score (nSPS) is 27.0. The van der Waals surface area contributed by atoms with E-state index in [1.165, 1.54) is 11.1 Å². The first-order valence-electron chi connectivity index (χ1n) is 7.50. The first kappa shape index (κ1) is 14.6. The van der Waals surface area contributed by atoms with Gasteiger partial charge in [0.1, 0.15) is 0 Å². The van der Waals surface area contributed by atoms with E-state index in [9.17, 15) is 13.2 Å². The number of carbonyl (C=O) groups is 1. The van der Waals surface area contributed by atoms with Crippen LogP contribution in [0.3, 0.4) is 0 Å². The molecule has 1 aliphatic carbocycles. The zero-order chi connectivity index (χ0) is 14.9. The van der Waals surface area contributed by atoms with Crippen LogP contribution in [0.5, 0.6) is 0 Å². The van der Waals surface area contributed by atoms with Crippen LogP contribution < -0.4 is 0 Å². The van der Waals surface area contributed by atoms with Crippen molar-refractivity contribution in [1.82, 2.24) is 0 Å². The summed E-state index contributed by atoms with van der Waals surface area (Å²) in [5.74, 6) is -0.503. The van der Waals surface area contributed by atoms with E-state index in [4.69, 9.17) is 4.74 Å². The van der Waals surface area contributed by atoms with Gasteiger partial charge >= 0.3 is 5.97 Å². The molecule has 1 saturated heterocycles. The molecule has 0 bridgehead atoms. The van der Waals surface area contributed by atoms with E-state index in [1.807, 2.05) is 12.1 Å². The molecule has 3 rings (SSSR count). The maximum atomic E-state index is 12.0. The molecule has 0 unspecified atom stereocenters. The summed E-state index contributed by atoms with van der Waals surface area (Å²) in [5.41, 5.74) is 2.61. The Kier molecular flexibility index (Phi) is 4.02. The van der Waals surface area contributed by atoms with Crippen molar-refractivity contribution in [2.24, 2.45) is 5.92 Å². The van der Waals surface area contributed by atoms with Crippen molar-refractivity contribution in [3.63, 3.8) is 0 Å². The molecule has 0 amide bonds. The fourth-order valence-corrected chi connectivity index (χ4v) is 5.04. The first-order chi connectivity index (χ1) is 10.1. The Hall–Kier alpha value is -1.36. The van der Waals surface area contributed by atoms with Gasteiger partial charge in [0.15, 0.2) is 9.84 Å². The lowest BCUT2D eigenvalue weighted by Gasteiger charge is -2.25. The molecule has 1 aromatic carbocycles. The molecule has 1 fully saturated rings. The van der Waals surface area contributed by atoms with Gasteiger partial charge in [-0.25, -0.2) is 8.42 Å². The van der Waals surface area contributed by atoms with Crippen molar-refractivity contribution in [2.75, 3.05) is 18.1 Å². The number of hydrogen-bond donors (Lipinski definition) is 0. The Morgan fingerprint density at radius 1 is 1.24 bits per heavy atom. The number of fused-ring (bicyclic) bond motifs is 1. The van der Waals surface area contributed by atoms with Crippen LogP contribution in [0.1, 0.15) is 36.3 Å². The highest BCUT2D eigenvalue weighted by Gasteiger charge is 2.34. The molecule has 2 atom stereocenters. The van der Waals surface area contributed by atoms with Crippen molar-refractivity contribution < 1.29 is 17.9 Å². The second-order valence-corrected chi connectivity index (χ2v) is 8.25. The number of aryl methyl sites for hydroxylation is 1. The minimum atomic E-state index is -3.03. The number of carbonyl (C=O) groups excluding carboxylic acids is 1. The molecule has 4 nitrogen and oxygen atoms in total. The summed E-state index contributed by atoms with van der Waals surface area (Å²) in [6.45, 7) is 0.367. The lowest BCUT2D eigenvalue weighted by molar-refractivity contribution is -0.148. The standard InChI is InChI=1S/C16H20O4S/c17-16(14-8-9-21(18,19)11-14)20-10-13-6-3-5-12-4-1-2-7-15(12)13/h1-2,4,7,13-14H,3,5-6,8-11H2/t13-,14+/m0/s1. The van der Waals surface area contributed by atoms with E-state index >= 15 is 0 Å². The van der Waals surface area contributed by atoms with Gasteiger partial charge in [0.2, 0.25) is 0 Å². The summed E-state index contributed by atoms with van der Waals surface area (Å²) in [7, 11) is -3.03. The number of sulfone groups is 1. The van der Waals surface area contributed by atoms with Crippen LogP contribution in [0.25, 0.3) is 0 Å². The fraction of sp³-hybridized carbons (Fsp3) is 0.562. The quantitative estimate of drug-likeness (QED) is 0.802. The van der Waals surface area contributed by atoms with Gasteiger partial charge < -0.3 is 4.74 Å². The molecule has 0 N–H and O–H groups in total. The molecular weight excluding hydrogens is 288 g/mol. The monoisotopic (exact) mass is 308 g/mol. The Bertz CT molecular complexity index is 635. The molecule has 0 aromatic heterocycles. The third-order valence-electron chi connectivity index (χ3n) is 4.49. The van der Waals surface area contributed by atoms with Crippen LogP contribution in [-0.4, -0.2) is 32.5 Å². The SMILES string of the molecule is O=C(OC[C@@H]1CCCc2ccccc21)[C@@H]1CCS(=O)(=O)C1. The molecule has 0 radical (unpaired) electrons. The lowest BCUT2D eigenvalue weighted by Crippen LogP contribution is -2.23. The summed E-state index contributed by atoms with van der Waals surface area (Å²) in [5, 5.41) is 0. The maximum Gasteiger partial charge on any atom is 0.310 e. The van der Waals surface area contributed by atoms with Gasteiger partial charge in [0.25, 0.3) is 0 Å². The molecule has 1 aromatic rings. The number of esters is 1. The second-order valence-electron chi connectivity index (χ2n) is 6.02. The fourth-order valence-electron chi connectivity index (χ4n) is 3.31. The molecule has 1 heterocycles. The van der Waals surface area contributed by atoms with Gasteiger partial charge in [-0.3, -0.25) is 4.79 Å². The smallest absolute Gasteiger partial charge is 0.310 e. The zero-order valence-corrected chi connectivity index (χ0v) is 12.8. The minimum absolute atomic E-state index is 0.0485. The van der Waals surface area contributed by atoms with Crippen molar-refractivity contribution in [2.45, 2.75) is 31.6 Å². The lowest BCUT2D eigenvalue weighted by atomic mass is 9.83. The predicted molar refractivity (Wildman–Crippen MR) is 79.8 cm³/mol. The van der Waals surface area contributed by atoms with Gasteiger partial charge in [0.05, 0.1) is 24.0 Å². The van der Waals surface area contributed by atoms with E-state index in [-0.39, 0.29) is 23.4 Å². The molecule has 0 saturated carbocycles. The van der Waals surface area contributed by atoms with Crippen LogP contribution in [0.4, 0.5) is 0 Å². The molecule has 5 heteroatoms. The highest BCUT2D eigenvalue weighted by Crippen LogP contribution is 2.32. The number of ether oxygens (including phenoxy) is 1. The predicted octanol–water partition coefficient (Wildman–Crippen LogP) is 2.08. The zero-order valence-electron chi connectivity index (χ0n) is 12.0. The Labute approximate surface area is 125 Å². The van der Waals surface area contributed by atoms with Crippen LogP contribution in [0.15, 0.2) is 24.3 Å². The third-order valence-corrected chi connectivity index (χ3v) is 6.25. The Morgan fingerprint density at radius 3 is 2.81 bits per heavy atom. The van der Waals surface area contributed by atoms with Crippen molar-refractivity contribution in [3.05, 3.63) is 35.4 Å². The van der Waals surface area contributed by atoms with Crippen molar-refractivity contribution in [1.29, 1.82) is 0 Å². The van der Waals surface area contributed by atoms with Crippen molar-refractivity contribution in [3.8, 4) is 0 Å². The van der Waals surface area contributed by atoms with E-state index in [2.05, 4.69) is 12.1 Å². The van der Waals surface area contributed by atoms with E-state index in [1.54, 1.807) is 0 Å². The summed E-state index contributed by atoms with van der Waals surface area (Å²) in [6.07, 6.45) is 3.62. The Morgan fingerprint density at radius 2 is 2.05 bits per heavy atom. The topological polar surface area (TPSA) is 60.4 Å². The summed E-state index contributed by atoms with van der Waals surface area (Å²) in [4.78, 5) is 12.0. The average Bonchev–Trinajstić information content (AvgIpc) is 2.85. The number of benzene rings is 1. The summed E-state index contributed by atoms with van der Waals surface area (Å²) < 4.78 is 28.2. The molecule has 2 aliphatic rings. The van der Waals surface area contributed by atoms with Crippen LogP contribution >= 0.6 is 0 Å². The van der Waals surface area contributed by atoms with Crippen molar-refractivity contribution >= 4 is 15.8 Å². The Balaban J connectivity index is 1.60. The molecule has 0 spiro atoms. The van der Waals surface area contributed by atoms with Gasteiger partial charge in [-0.05, 0) is 36.8 Å². The van der Waals surface area contributed by atoms with Gasteiger partial charge in [-0.15, -0.1) is 0 Å². The molecular formula is C16H20O4S. The third kappa shape index (κ3) is 3.28. The largest absolute Gasteiger partial charge is 0.465 e. The van der Waals surface area contributed by atoms with E-state index in [0.717, 1.165) is 19.3 Å². The van der Waals surface area contributed by atoms with Gasteiger partial charge in [-0.2, -0.15) is 0 Å². The average molecular weight is 308 g/mol. The molecule has 1 aliphatic heterocycles. The maximum absolute atomic E-state index is 12.0.